The molecule has 1 saturated heterocycles. The molecule has 3 nitrogen and oxygen atoms in total. The van der Waals surface area contributed by atoms with Gasteiger partial charge >= 0.3 is 0 Å². The lowest BCUT2D eigenvalue weighted by molar-refractivity contribution is 0.0802. The van der Waals surface area contributed by atoms with Gasteiger partial charge < -0.3 is 0 Å². The van der Waals surface area contributed by atoms with Gasteiger partial charge in [-0.1, -0.05) is 13.8 Å². The fourth-order valence-corrected chi connectivity index (χ4v) is 0.676. The van der Waals surface area contributed by atoms with E-state index in [-0.39, 0.29) is 0 Å². The average Bonchev–Trinajstić information content (AvgIpc) is 2.12. The van der Waals surface area contributed by atoms with Gasteiger partial charge in [0.15, 0.2) is 0 Å². The lowest BCUT2D eigenvalue weighted by Crippen LogP contribution is -2.35. The molecule has 1 heterocycles. The minimum atomic E-state index is 0.343. The van der Waals surface area contributed by atoms with Crippen LogP contribution in [0.15, 0.2) is 0 Å². The summed E-state index contributed by atoms with van der Waals surface area (Å²) < 4.78 is 0. The topological polar surface area (TPSA) is 33.3 Å². The maximum absolute atomic E-state index is 4.86. The lowest BCUT2D eigenvalue weighted by atomic mass is 10.2. The molecule has 0 aromatic carbocycles. The van der Waals surface area contributed by atoms with Gasteiger partial charge in [0.1, 0.15) is 6.73 Å². The Kier molecular flexibility index (Phi) is 1.83. The third-order valence-corrected chi connectivity index (χ3v) is 1.25. The fourth-order valence-electron chi connectivity index (χ4n) is 0.676. The van der Waals surface area contributed by atoms with Crippen molar-refractivity contribution in [3.05, 3.63) is 0 Å². The second-order valence-corrected chi connectivity index (χ2v) is 2.33. The van der Waals surface area contributed by atoms with Crippen molar-refractivity contribution in [2.45, 2.75) is 20.0 Å². The van der Waals surface area contributed by atoms with Crippen molar-refractivity contribution in [3.63, 3.8) is 0 Å². The first-order valence-corrected chi connectivity index (χ1v) is 2.91. The molecule has 1 unspecified atom stereocenters. The highest BCUT2D eigenvalue weighted by Crippen LogP contribution is 2.00. The summed E-state index contributed by atoms with van der Waals surface area (Å²) in [6, 6.07) is 0. The first kappa shape index (κ1) is 6.01. The summed E-state index contributed by atoms with van der Waals surface area (Å²) >= 11 is 0. The first-order valence-electron chi connectivity index (χ1n) is 2.91. The van der Waals surface area contributed by atoms with Crippen LogP contribution >= 0.6 is 0 Å². The Balaban J connectivity index is 2.24. The summed E-state index contributed by atoms with van der Waals surface area (Å²) in [5, 5.41) is 3.12. The monoisotopic (exact) mass is 116 g/mol. The smallest absolute Gasteiger partial charge is 0.120 e. The molecule has 0 aliphatic carbocycles. The van der Waals surface area contributed by atoms with Crippen molar-refractivity contribution in [1.29, 1.82) is 0 Å². The van der Waals surface area contributed by atoms with Crippen LogP contribution in [0.3, 0.4) is 0 Å². The van der Waals surface area contributed by atoms with E-state index in [1.807, 2.05) is 0 Å². The highest BCUT2D eigenvalue weighted by molar-refractivity contribution is 4.64. The van der Waals surface area contributed by atoms with Gasteiger partial charge in [0, 0.05) is 0 Å². The zero-order chi connectivity index (χ0) is 5.98. The third-order valence-electron chi connectivity index (χ3n) is 1.25. The van der Waals surface area contributed by atoms with E-state index < -0.39 is 0 Å². The number of hydroxylamine groups is 1. The molecule has 2 N–H and O–H groups in total. The molecule has 0 aromatic rings. The quantitative estimate of drug-likeness (QED) is 0.508. The Morgan fingerprint density at radius 1 is 1.62 bits per heavy atom. The van der Waals surface area contributed by atoms with Crippen LogP contribution in [-0.4, -0.2) is 12.9 Å². The summed E-state index contributed by atoms with van der Waals surface area (Å²) in [6.45, 7) is 4.90. The summed E-state index contributed by atoms with van der Waals surface area (Å²) in [5.41, 5.74) is 2.84. The number of nitrogens with one attached hydrogen (secondary N) is 2. The van der Waals surface area contributed by atoms with Crippen LogP contribution in [0.25, 0.3) is 0 Å². The molecule has 1 aliphatic rings. The van der Waals surface area contributed by atoms with Crippen molar-refractivity contribution < 1.29 is 4.84 Å². The van der Waals surface area contributed by atoms with Crippen LogP contribution in [0.2, 0.25) is 0 Å². The van der Waals surface area contributed by atoms with Crippen LogP contribution in [0.4, 0.5) is 0 Å². The van der Waals surface area contributed by atoms with E-state index in [2.05, 4.69) is 24.6 Å². The van der Waals surface area contributed by atoms with E-state index in [0.29, 0.717) is 18.8 Å². The Labute approximate surface area is 49.4 Å². The predicted molar refractivity (Wildman–Crippen MR) is 30.8 cm³/mol. The van der Waals surface area contributed by atoms with E-state index in [4.69, 9.17) is 4.84 Å². The Hall–Kier alpha value is -0.120. The van der Waals surface area contributed by atoms with Crippen molar-refractivity contribution in [1.82, 2.24) is 10.8 Å². The average molecular weight is 116 g/mol. The molecule has 1 aliphatic heterocycles. The molecule has 48 valence electrons. The molecule has 0 saturated carbocycles. The largest absolute Gasteiger partial charge is 0.285 e. The zero-order valence-electron chi connectivity index (χ0n) is 5.27. The molecule has 0 spiro atoms. The van der Waals surface area contributed by atoms with Crippen molar-refractivity contribution in [3.8, 4) is 0 Å². The van der Waals surface area contributed by atoms with Crippen LogP contribution in [-0.2, 0) is 4.84 Å². The van der Waals surface area contributed by atoms with Gasteiger partial charge in [-0.25, -0.2) is 0 Å². The van der Waals surface area contributed by atoms with Gasteiger partial charge in [-0.3, -0.25) is 10.2 Å². The van der Waals surface area contributed by atoms with Gasteiger partial charge in [0.25, 0.3) is 0 Å². The van der Waals surface area contributed by atoms with E-state index in [1.54, 1.807) is 0 Å². The summed E-state index contributed by atoms with van der Waals surface area (Å²) in [7, 11) is 0. The molecule has 0 radical (unpaired) electrons. The van der Waals surface area contributed by atoms with Crippen LogP contribution < -0.4 is 10.8 Å². The van der Waals surface area contributed by atoms with Gasteiger partial charge in [0.05, 0.1) is 6.17 Å². The molecular weight excluding hydrogens is 104 g/mol. The number of hydrogen-bond acceptors (Lipinski definition) is 3. The minimum Gasteiger partial charge on any atom is -0.285 e. The van der Waals surface area contributed by atoms with Crippen LogP contribution in [0, 0.1) is 5.92 Å². The zero-order valence-corrected chi connectivity index (χ0v) is 5.27. The van der Waals surface area contributed by atoms with E-state index >= 15 is 0 Å². The maximum Gasteiger partial charge on any atom is 0.120 e. The molecule has 1 fully saturated rings. The molecule has 1 rings (SSSR count). The highest BCUT2D eigenvalue weighted by atomic mass is 16.7. The second kappa shape index (κ2) is 2.44. The Morgan fingerprint density at radius 2 is 2.38 bits per heavy atom. The van der Waals surface area contributed by atoms with Gasteiger partial charge in [-0.2, -0.15) is 5.48 Å². The second-order valence-electron chi connectivity index (χ2n) is 2.33. The predicted octanol–water partition coefficient (Wildman–Crippen LogP) is 0.0504. The molecule has 0 bridgehead atoms. The van der Waals surface area contributed by atoms with E-state index in [0.717, 1.165) is 0 Å². The van der Waals surface area contributed by atoms with Crippen LogP contribution in [0.1, 0.15) is 13.8 Å². The Bertz CT molecular complexity index is 68.8. The number of hydrogen-bond donors (Lipinski definition) is 2. The van der Waals surface area contributed by atoms with Crippen molar-refractivity contribution >= 4 is 0 Å². The molecular formula is C5H12N2O. The standard InChI is InChI=1S/C5H12N2O/c1-4(2)5-6-3-8-7-5/h4-7H,3H2,1-2H3. The normalized spacial score (nSPS) is 29.6. The fraction of sp³-hybridized carbons (Fsp3) is 1.00. The molecule has 0 aromatic heterocycles. The highest BCUT2D eigenvalue weighted by Gasteiger charge is 2.16. The van der Waals surface area contributed by atoms with Crippen molar-refractivity contribution in [2.24, 2.45) is 5.92 Å². The summed E-state index contributed by atoms with van der Waals surface area (Å²) in [5.74, 6) is 0.595. The van der Waals surface area contributed by atoms with E-state index in [1.165, 1.54) is 0 Å². The Morgan fingerprint density at radius 3 is 2.62 bits per heavy atom. The van der Waals surface area contributed by atoms with Gasteiger partial charge in [-0.05, 0) is 5.92 Å². The summed E-state index contributed by atoms with van der Waals surface area (Å²) in [6.07, 6.45) is 0.343. The maximum atomic E-state index is 4.86. The summed E-state index contributed by atoms with van der Waals surface area (Å²) in [4.78, 5) is 4.86. The van der Waals surface area contributed by atoms with E-state index in [9.17, 15) is 0 Å². The SMILES string of the molecule is CC(C)C1NCON1. The van der Waals surface area contributed by atoms with Gasteiger partial charge in [0.2, 0.25) is 0 Å². The molecule has 0 amide bonds. The third kappa shape index (κ3) is 1.18. The van der Waals surface area contributed by atoms with Crippen molar-refractivity contribution in [2.75, 3.05) is 6.73 Å². The van der Waals surface area contributed by atoms with Crippen LogP contribution in [0.5, 0.6) is 0 Å². The molecule has 8 heavy (non-hydrogen) atoms. The minimum absolute atomic E-state index is 0.343. The lowest BCUT2D eigenvalue weighted by Gasteiger charge is -2.11. The molecule has 1 atom stereocenters. The first-order chi connectivity index (χ1) is 3.80. The molecule has 3 heteroatoms. The number of rotatable bonds is 1. The van der Waals surface area contributed by atoms with Gasteiger partial charge in [-0.15, -0.1) is 0 Å².